The first-order valence-electron chi connectivity index (χ1n) is 8.65. The van der Waals surface area contributed by atoms with Gasteiger partial charge in [-0.2, -0.15) is 0 Å². The van der Waals surface area contributed by atoms with Crippen LogP contribution in [0.3, 0.4) is 0 Å². The van der Waals surface area contributed by atoms with Crippen LogP contribution in [-0.4, -0.2) is 9.55 Å². The zero-order valence-electron chi connectivity index (χ0n) is 14.3. The van der Waals surface area contributed by atoms with Crippen molar-refractivity contribution in [3.63, 3.8) is 0 Å². The molecule has 0 N–H and O–H groups in total. The molecule has 3 aromatic carbocycles. The zero-order valence-corrected chi connectivity index (χ0v) is 15.2. The molecule has 0 amide bonds. The number of rotatable bonds is 2. The summed E-state index contributed by atoms with van der Waals surface area (Å²) < 4.78 is 15.5. The van der Waals surface area contributed by atoms with Gasteiger partial charge in [0, 0.05) is 21.9 Å². The van der Waals surface area contributed by atoms with Crippen molar-refractivity contribution >= 4 is 34.4 Å². The summed E-state index contributed by atoms with van der Waals surface area (Å²) in [6, 6.07) is 23.0. The fourth-order valence-electron chi connectivity index (χ4n) is 3.64. The predicted octanol–water partition coefficient (Wildman–Crippen LogP) is 6.27. The van der Waals surface area contributed by atoms with Crippen molar-refractivity contribution in [2.75, 3.05) is 0 Å². The molecule has 2 aromatic heterocycles. The highest BCUT2D eigenvalue weighted by Crippen LogP contribution is 2.38. The van der Waals surface area contributed by atoms with Crippen LogP contribution < -0.4 is 0 Å². The first-order chi connectivity index (χ1) is 13.2. The molecule has 0 spiro atoms. The van der Waals surface area contributed by atoms with Gasteiger partial charge < -0.3 is 4.57 Å². The molecule has 2 nitrogen and oxygen atoms in total. The van der Waals surface area contributed by atoms with E-state index in [-0.39, 0.29) is 5.82 Å². The second-order valence-corrected chi connectivity index (χ2v) is 6.94. The summed E-state index contributed by atoms with van der Waals surface area (Å²) in [5.41, 5.74) is 5.12. The number of halogens is 1. The standard InChI is InChI=1S/C23H15FN2S/c24-17-9-7-15(8-10-17)16-12-20-19-5-1-2-6-21(19)26(23(20)22(27)13-16)18-4-3-11-25-14-18/h1-14,27H. The Hall–Kier alpha value is -3.11. The van der Waals surface area contributed by atoms with Gasteiger partial charge in [-0.25, -0.2) is 4.39 Å². The molecule has 2 heterocycles. The summed E-state index contributed by atoms with van der Waals surface area (Å²) in [5.74, 6) is -0.237. The van der Waals surface area contributed by atoms with Gasteiger partial charge in [-0.3, -0.25) is 4.98 Å². The molecule has 5 aromatic rings. The average molecular weight is 370 g/mol. The molecule has 0 radical (unpaired) electrons. The minimum atomic E-state index is -0.237. The van der Waals surface area contributed by atoms with E-state index in [4.69, 9.17) is 12.6 Å². The summed E-state index contributed by atoms with van der Waals surface area (Å²) in [6.07, 6.45) is 3.62. The lowest BCUT2D eigenvalue weighted by Crippen LogP contribution is -1.95. The Morgan fingerprint density at radius 1 is 0.815 bits per heavy atom. The molecular formula is C23H15FN2S. The molecule has 0 saturated carbocycles. The van der Waals surface area contributed by atoms with E-state index in [0.29, 0.717) is 0 Å². The van der Waals surface area contributed by atoms with Gasteiger partial charge in [-0.05, 0) is 53.6 Å². The number of para-hydroxylation sites is 1. The number of benzene rings is 3. The van der Waals surface area contributed by atoms with Crippen LogP contribution in [0, 0.1) is 5.82 Å². The van der Waals surface area contributed by atoms with Crippen molar-refractivity contribution in [1.82, 2.24) is 9.55 Å². The van der Waals surface area contributed by atoms with Crippen LogP contribution in [0.1, 0.15) is 0 Å². The number of hydrogen-bond acceptors (Lipinski definition) is 2. The van der Waals surface area contributed by atoms with Gasteiger partial charge in [0.05, 0.1) is 22.9 Å². The van der Waals surface area contributed by atoms with Gasteiger partial charge in [0.1, 0.15) is 5.82 Å². The second kappa shape index (κ2) is 6.25. The van der Waals surface area contributed by atoms with Crippen LogP contribution >= 0.6 is 12.6 Å². The number of hydrogen-bond donors (Lipinski definition) is 1. The third-order valence-corrected chi connectivity index (χ3v) is 5.17. The molecule has 0 saturated heterocycles. The minimum absolute atomic E-state index is 0.237. The zero-order chi connectivity index (χ0) is 18.4. The maximum Gasteiger partial charge on any atom is 0.123 e. The maximum absolute atomic E-state index is 13.3. The number of nitrogens with zero attached hydrogens (tertiary/aromatic N) is 2. The molecule has 0 fully saturated rings. The average Bonchev–Trinajstić information content (AvgIpc) is 3.04. The third kappa shape index (κ3) is 2.61. The van der Waals surface area contributed by atoms with E-state index in [0.717, 1.165) is 43.5 Å². The van der Waals surface area contributed by atoms with E-state index < -0.39 is 0 Å². The Balaban J connectivity index is 1.87. The van der Waals surface area contributed by atoms with Crippen LogP contribution in [-0.2, 0) is 0 Å². The summed E-state index contributed by atoms with van der Waals surface area (Å²) >= 11 is 4.81. The lowest BCUT2D eigenvalue weighted by Gasteiger charge is -2.10. The van der Waals surface area contributed by atoms with Crippen molar-refractivity contribution in [2.45, 2.75) is 4.90 Å². The van der Waals surface area contributed by atoms with Crippen molar-refractivity contribution < 1.29 is 4.39 Å². The van der Waals surface area contributed by atoms with E-state index in [1.54, 1.807) is 18.3 Å². The lowest BCUT2D eigenvalue weighted by molar-refractivity contribution is 0.628. The Labute approximate surface area is 161 Å². The van der Waals surface area contributed by atoms with Crippen LogP contribution in [0.2, 0.25) is 0 Å². The Kier molecular flexibility index (Phi) is 3.73. The van der Waals surface area contributed by atoms with Crippen molar-refractivity contribution in [3.8, 4) is 16.8 Å². The van der Waals surface area contributed by atoms with Gasteiger partial charge in [0.25, 0.3) is 0 Å². The third-order valence-electron chi connectivity index (χ3n) is 4.83. The molecule has 4 heteroatoms. The number of pyridine rings is 1. The number of fused-ring (bicyclic) bond motifs is 3. The summed E-state index contributed by atoms with van der Waals surface area (Å²) in [5, 5.41) is 2.26. The van der Waals surface area contributed by atoms with Crippen molar-refractivity contribution in [3.05, 3.63) is 91.0 Å². The maximum atomic E-state index is 13.3. The largest absolute Gasteiger partial charge is 0.307 e. The molecule has 130 valence electrons. The molecule has 0 bridgehead atoms. The topological polar surface area (TPSA) is 17.8 Å². The van der Waals surface area contributed by atoms with E-state index in [9.17, 15) is 4.39 Å². The van der Waals surface area contributed by atoms with Crippen LogP contribution in [0.25, 0.3) is 38.6 Å². The van der Waals surface area contributed by atoms with Crippen LogP contribution in [0.15, 0.2) is 90.1 Å². The fraction of sp³-hybridized carbons (Fsp3) is 0. The van der Waals surface area contributed by atoms with Crippen LogP contribution in [0.5, 0.6) is 0 Å². The van der Waals surface area contributed by atoms with Crippen molar-refractivity contribution in [1.29, 1.82) is 0 Å². The van der Waals surface area contributed by atoms with Gasteiger partial charge in [-0.1, -0.05) is 30.3 Å². The van der Waals surface area contributed by atoms with Gasteiger partial charge in [-0.15, -0.1) is 12.6 Å². The second-order valence-electron chi connectivity index (χ2n) is 6.46. The Morgan fingerprint density at radius 2 is 1.63 bits per heavy atom. The minimum Gasteiger partial charge on any atom is -0.307 e. The molecule has 27 heavy (non-hydrogen) atoms. The summed E-state index contributed by atoms with van der Waals surface area (Å²) in [4.78, 5) is 5.14. The Bertz CT molecular complexity index is 1280. The monoisotopic (exact) mass is 370 g/mol. The number of aromatic nitrogens is 2. The lowest BCUT2D eigenvalue weighted by atomic mass is 10.0. The molecule has 0 aliphatic heterocycles. The van der Waals surface area contributed by atoms with Crippen molar-refractivity contribution in [2.24, 2.45) is 0 Å². The highest BCUT2D eigenvalue weighted by Gasteiger charge is 2.16. The molecule has 5 rings (SSSR count). The molecule has 0 unspecified atom stereocenters. The van der Waals surface area contributed by atoms with E-state index in [1.165, 1.54) is 12.1 Å². The Morgan fingerprint density at radius 3 is 2.41 bits per heavy atom. The van der Waals surface area contributed by atoms with Gasteiger partial charge in [0.15, 0.2) is 0 Å². The fourth-order valence-corrected chi connectivity index (χ4v) is 4.00. The van der Waals surface area contributed by atoms with Gasteiger partial charge in [0.2, 0.25) is 0 Å². The highest BCUT2D eigenvalue weighted by molar-refractivity contribution is 7.80. The predicted molar refractivity (Wildman–Crippen MR) is 111 cm³/mol. The molecule has 0 atom stereocenters. The summed E-state index contributed by atoms with van der Waals surface area (Å²) in [6.45, 7) is 0. The summed E-state index contributed by atoms with van der Waals surface area (Å²) in [7, 11) is 0. The first-order valence-corrected chi connectivity index (χ1v) is 9.09. The molecule has 0 aliphatic carbocycles. The number of thiol groups is 1. The SMILES string of the molecule is Fc1ccc(-c2cc(S)c3c(c2)c2ccccc2n3-c2cccnc2)cc1. The normalized spacial score (nSPS) is 11.3. The van der Waals surface area contributed by atoms with E-state index in [2.05, 4.69) is 27.8 Å². The molecule has 0 aliphatic rings. The highest BCUT2D eigenvalue weighted by atomic mass is 32.1. The van der Waals surface area contributed by atoms with Gasteiger partial charge >= 0.3 is 0 Å². The first kappa shape index (κ1) is 16.1. The van der Waals surface area contributed by atoms with Crippen LogP contribution in [0.4, 0.5) is 4.39 Å². The molecular weight excluding hydrogens is 355 g/mol. The smallest absolute Gasteiger partial charge is 0.123 e. The quantitative estimate of drug-likeness (QED) is 0.362. The van der Waals surface area contributed by atoms with E-state index in [1.807, 2.05) is 36.5 Å². The van der Waals surface area contributed by atoms with E-state index >= 15 is 0 Å².